The highest BCUT2D eigenvalue weighted by atomic mass is 35.5. The molecule has 1 aromatic carbocycles. The molecule has 1 heterocycles. The lowest BCUT2D eigenvalue weighted by Crippen LogP contribution is -2.02. The average Bonchev–Trinajstić information content (AvgIpc) is 2.41. The maximum absolute atomic E-state index is 6.06. The Morgan fingerprint density at radius 3 is 3.00 bits per heavy atom. The van der Waals surface area contributed by atoms with Gasteiger partial charge in [0.25, 0.3) is 0 Å². The van der Waals surface area contributed by atoms with Gasteiger partial charge >= 0.3 is 0 Å². The van der Waals surface area contributed by atoms with Crippen molar-refractivity contribution in [3.63, 3.8) is 0 Å². The number of ether oxygens (including phenoxy) is 1. The molecule has 0 aliphatic heterocycles. The number of halogens is 1. The first-order valence-electron chi connectivity index (χ1n) is 5.97. The fourth-order valence-corrected chi connectivity index (χ4v) is 1.61. The molecule has 0 saturated carbocycles. The van der Waals surface area contributed by atoms with E-state index in [-0.39, 0.29) is 0 Å². The van der Waals surface area contributed by atoms with Gasteiger partial charge in [-0.2, -0.15) is 4.98 Å². The molecule has 6 heteroatoms. The second-order valence-corrected chi connectivity index (χ2v) is 4.34. The van der Waals surface area contributed by atoms with Crippen LogP contribution in [0.5, 0.6) is 5.88 Å². The Morgan fingerprint density at radius 1 is 1.37 bits per heavy atom. The summed E-state index contributed by atoms with van der Waals surface area (Å²) in [4.78, 5) is 8.34. The van der Waals surface area contributed by atoms with Crippen molar-refractivity contribution in [3.8, 4) is 5.88 Å². The van der Waals surface area contributed by atoms with Gasteiger partial charge in [-0.1, -0.05) is 18.5 Å². The molecule has 1 aromatic heterocycles. The summed E-state index contributed by atoms with van der Waals surface area (Å²) in [5.41, 5.74) is 6.99. The third-order valence-electron chi connectivity index (χ3n) is 2.32. The van der Waals surface area contributed by atoms with E-state index < -0.39 is 0 Å². The number of rotatable bonds is 5. The molecule has 2 aromatic rings. The molecular formula is C13H15ClN4O. The van der Waals surface area contributed by atoms with Crippen molar-refractivity contribution in [1.29, 1.82) is 0 Å². The molecule has 0 saturated heterocycles. The lowest BCUT2D eigenvalue weighted by atomic mass is 10.3. The smallest absolute Gasteiger partial charge is 0.230 e. The van der Waals surface area contributed by atoms with Crippen molar-refractivity contribution < 1.29 is 4.74 Å². The van der Waals surface area contributed by atoms with Crippen molar-refractivity contribution in [1.82, 2.24) is 9.97 Å². The third kappa shape index (κ3) is 3.72. The largest absolute Gasteiger partial charge is 0.478 e. The van der Waals surface area contributed by atoms with E-state index in [9.17, 15) is 0 Å². The second kappa shape index (κ2) is 6.24. The summed E-state index contributed by atoms with van der Waals surface area (Å²) in [6.45, 7) is 2.66. The number of nitrogen functional groups attached to an aromatic ring is 1. The maximum Gasteiger partial charge on any atom is 0.230 e. The second-order valence-electron chi connectivity index (χ2n) is 3.93. The number of hydrogen-bond acceptors (Lipinski definition) is 5. The molecule has 5 nitrogen and oxygen atoms in total. The molecule has 0 unspecified atom stereocenters. The highest BCUT2D eigenvalue weighted by Gasteiger charge is 2.04. The van der Waals surface area contributed by atoms with E-state index in [4.69, 9.17) is 22.1 Å². The summed E-state index contributed by atoms with van der Waals surface area (Å²) in [5, 5.41) is 3.57. The Kier molecular flexibility index (Phi) is 4.41. The van der Waals surface area contributed by atoms with Crippen LogP contribution in [0.4, 0.5) is 17.3 Å². The average molecular weight is 279 g/mol. The van der Waals surface area contributed by atoms with Crippen LogP contribution in [0.15, 0.2) is 30.5 Å². The van der Waals surface area contributed by atoms with E-state index >= 15 is 0 Å². The molecule has 19 heavy (non-hydrogen) atoms. The molecular weight excluding hydrogens is 264 g/mol. The van der Waals surface area contributed by atoms with Crippen molar-refractivity contribution in [2.24, 2.45) is 0 Å². The van der Waals surface area contributed by atoms with Gasteiger partial charge in [-0.25, -0.2) is 4.98 Å². The minimum Gasteiger partial charge on any atom is -0.478 e. The first-order chi connectivity index (χ1) is 9.19. The van der Waals surface area contributed by atoms with E-state index in [1.807, 2.05) is 6.92 Å². The van der Waals surface area contributed by atoms with Crippen LogP contribution in [0.3, 0.4) is 0 Å². The first-order valence-corrected chi connectivity index (χ1v) is 6.34. The Hall–Kier alpha value is -2.01. The topological polar surface area (TPSA) is 73.1 Å². The Labute approximate surface area is 116 Å². The molecule has 0 radical (unpaired) electrons. The molecule has 0 aliphatic rings. The zero-order valence-corrected chi connectivity index (χ0v) is 11.3. The highest BCUT2D eigenvalue weighted by Crippen LogP contribution is 2.26. The van der Waals surface area contributed by atoms with E-state index in [2.05, 4.69) is 15.3 Å². The minimum atomic E-state index is 0.418. The highest BCUT2D eigenvalue weighted by molar-refractivity contribution is 6.33. The predicted molar refractivity (Wildman–Crippen MR) is 77.0 cm³/mol. The van der Waals surface area contributed by atoms with E-state index in [1.54, 1.807) is 30.5 Å². The molecule has 0 atom stereocenters. The number of anilines is 3. The Balaban J connectivity index is 2.16. The van der Waals surface area contributed by atoms with Crippen LogP contribution >= 0.6 is 11.6 Å². The molecule has 2 rings (SSSR count). The van der Waals surface area contributed by atoms with Crippen molar-refractivity contribution >= 4 is 28.9 Å². The quantitative estimate of drug-likeness (QED) is 0.822. The fraction of sp³-hybridized carbons (Fsp3) is 0.231. The van der Waals surface area contributed by atoms with Crippen molar-refractivity contribution in [2.45, 2.75) is 13.3 Å². The number of aromatic nitrogens is 2. The number of nitrogens with two attached hydrogens (primary N) is 1. The van der Waals surface area contributed by atoms with Crippen LogP contribution in [0.2, 0.25) is 5.02 Å². The molecule has 0 fully saturated rings. The van der Waals surface area contributed by atoms with Gasteiger partial charge < -0.3 is 15.8 Å². The standard InChI is InChI=1S/C13H15ClN4O/c1-2-7-19-12-5-6-16-13(18-12)17-11-8-9(15)3-4-10(11)14/h3-6,8H,2,7,15H2,1H3,(H,16,17,18). The predicted octanol–water partition coefficient (Wildman–Crippen LogP) is 3.24. The van der Waals surface area contributed by atoms with Gasteiger partial charge in [-0.3, -0.25) is 0 Å². The summed E-state index contributed by atoms with van der Waals surface area (Å²) in [5.74, 6) is 0.945. The summed E-state index contributed by atoms with van der Waals surface area (Å²) >= 11 is 6.06. The molecule has 0 aliphatic carbocycles. The van der Waals surface area contributed by atoms with Gasteiger partial charge in [0.05, 0.1) is 17.3 Å². The fourth-order valence-electron chi connectivity index (χ4n) is 1.45. The van der Waals surface area contributed by atoms with Crippen molar-refractivity contribution in [2.75, 3.05) is 17.7 Å². The van der Waals surface area contributed by atoms with E-state index in [0.717, 1.165) is 6.42 Å². The lowest BCUT2D eigenvalue weighted by Gasteiger charge is -2.09. The van der Waals surface area contributed by atoms with Gasteiger partial charge in [-0.15, -0.1) is 0 Å². The minimum absolute atomic E-state index is 0.418. The normalized spacial score (nSPS) is 10.2. The molecule has 0 spiro atoms. The molecule has 0 bridgehead atoms. The summed E-state index contributed by atoms with van der Waals surface area (Å²) in [6, 6.07) is 6.89. The van der Waals surface area contributed by atoms with Crippen LogP contribution < -0.4 is 15.8 Å². The Bertz CT molecular complexity index is 562. The molecule has 100 valence electrons. The Morgan fingerprint density at radius 2 is 2.21 bits per heavy atom. The number of nitrogens with one attached hydrogen (secondary N) is 1. The van der Waals surface area contributed by atoms with Gasteiger partial charge in [-0.05, 0) is 24.6 Å². The molecule has 3 N–H and O–H groups in total. The monoisotopic (exact) mass is 278 g/mol. The summed E-state index contributed by atoms with van der Waals surface area (Å²) < 4.78 is 5.44. The van der Waals surface area contributed by atoms with Gasteiger partial charge in [0.1, 0.15) is 0 Å². The van der Waals surface area contributed by atoms with Crippen LogP contribution in [0.1, 0.15) is 13.3 Å². The number of nitrogens with zero attached hydrogens (tertiary/aromatic N) is 2. The SMILES string of the molecule is CCCOc1ccnc(Nc2cc(N)ccc2Cl)n1. The number of hydrogen-bond donors (Lipinski definition) is 2. The summed E-state index contributed by atoms with van der Waals surface area (Å²) in [7, 11) is 0. The van der Waals surface area contributed by atoms with Gasteiger partial charge in [0, 0.05) is 18.0 Å². The van der Waals surface area contributed by atoms with Crippen LogP contribution in [-0.2, 0) is 0 Å². The van der Waals surface area contributed by atoms with E-state index in [0.29, 0.717) is 34.8 Å². The maximum atomic E-state index is 6.06. The van der Waals surface area contributed by atoms with Crippen LogP contribution in [0, 0.1) is 0 Å². The van der Waals surface area contributed by atoms with Gasteiger partial charge in [0.15, 0.2) is 0 Å². The van der Waals surface area contributed by atoms with Crippen molar-refractivity contribution in [3.05, 3.63) is 35.5 Å². The van der Waals surface area contributed by atoms with Crippen LogP contribution in [-0.4, -0.2) is 16.6 Å². The third-order valence-corrected chi connectivity index (χ3v) is 2.65. The lowest BCUT2D eigenvalue weighted by molar-refractivity contribution is 0.305. The first kappa shape index (κ1) is 13.4. The molecule has 0 amide bonds. The zero-order chi connectivity index (χ0) is 13.7. The number of benzene rings is 1. The van der Waals surface area contributed by atoms with Crippen LogP contribution in [0.25, 0.3) is 0 Å². The zero-order valence-electron chi connectivity index (χ0n) is 10.6. The van der Waals surface area contributed by atoms with Gasteiger partial charge in [0.2, 0.25) is 11.8 Å². The summed E-state index contributed by atoms with van der Waals surface area (Å²) in [6.07, 6.45) is 2.55. The van der Waals surface area contributed by atoms with E-state index in [1.165, 1.54) is 0 Å².